The highest BCUT2D eigenvalue weighted by Gasteiger charge is 2.53. The van der Waals surface area contributed by atoms with Gasteiger partial charge in [0.2, 0.25) is 0 Å². The Morgan fingerprint density at radius 1 is 1.23 bits per heavy atom. The maximum Gasteiger partial charge on any atom is 0.387 e. The van der Waals surface area contributed by atoms with E-state index in [2.05, 4.69) is 16.4 Å². The lowest BCUT2D eigenvalue weighted by atomic mass is 9.58. The zero-order valence-corrected chi connectivity index (χ0v) is 21.3. The van der Waals surface area contributed by atoms with Gasteiger partial charge < -0.3 is 20.4 Å². The normalized spacial score (nSPS) is 26.5. The maximum atomic E-state index is 15.3. The third-order valence-corrected chi connectivity index (χ3v) is 8.29. The summed E-state index contributed by atoms with van der Waals surface area (Å²) < 4.78 is 48.6. The van der Waals surface area contributed by atoms with E-state index in [1.807, 2.05) is 10.6 Å². The molecule has 2 bridgehead atoms. The summed E-state index contributed by atoms with van der Waals surface area (Å²) in [7, 11) is 0. The minimum Gasteiger partial charge on any atom is -0.434 e. The summed E-state index contributed by atoms with van der Waals surface area (Å²) in [4.78, 5) is 22.1. The molecule has 1 aliphatic carbocycles. The fraction of sp³-hybridized carbons (Fsp3) is 0.310. The van der Waals surface area contributed by atoms with Crippen LogP contribution in [0.3, 0.4) is 0 Å². The lowest BCUT2D eigenvalue weighted by molar-refractivity contribution is -0.0507. The molecule has 1 fully saturated rings. The van der Waals surface area contributed by atoms with Gasteiger partial charge in [-0.1, -0.05) is 12.1 Å². The molecule has 0 saturated heterocycles. The Morgan fingerprint density at radius 2 is 2.02 bits per heavy atom. The smallest absolute Gasteiger partial charge is 0.387 e. The molecule has 0 unspecified atom stereocenters. The minimum atomic E-state index is -3.05. The van der Waals surface area contributed by atoms with Gasteiger partial charge in [0, 0.05) is 22.9 Å². The highest BCUT2D eigenvalue weighted by atomic mass is 19.3. The van der Waals surface area contributed by atoms with Crippen LogP contribution in [0.4, 0.5) is 13.2 Å². The number of carbonyl (C=O) groups excluding carboxylic acids is 1. The standard InChI is InChI=1S/C29H23F3N6O2/c1-28(13-33)11-29(34,12-28)24-17(30)7-15(10-35-24)14-5-6-18-20(8-14)38-21-9-19(25(38)36-18)37-26(39)16-3-2-4-22(23(16)21)40-27(31)32/h2-8,10,19,21,27H,9,11-12,34H2,1H3,(H,37,39)/t19-,21-,28-,29+/m1/s1. The van der Waals surface area contributed by atoms with Crippen molar-refractivity contribution in [3.63, 3.8) is 0 Å². The molecule has 1 amide bonds. The quantitative estimate of drug-likeness (QED) is 0.369. The lowest BCUT2D eigenvalue weighted by Gasteiger charge is -2.48. The van der Waals surface area contributed by atoms with E-state index in [9.17, 15) is 18.8 Å². The van der Waals surface area contributed by atoms with Gasteiger partial charge in [0.1, 0.15) is 17.4 Å². The number of alkyl halides is 2. The van der Waals surface area contributed by atoms with Gasteiger partial charge in [-0.2, -0.15) is 14.0 Å². The van der Waals surface area contributed by atoms with E-state index in [4.69, 9.17) is 15.5 Å². The topological polar surface area (TPSA) is 119 Å². The summed E-state index contributed by atoms with van der Waals surface area (Å²) in [5.41, 5.74) is 8.15. The number of pyridine rings is 1. The van der Waals surface area contributed by atoms with Crippen molar-refractivity contribution in [3.8, 4) is 22.9 Å². The fourth-order valence-electron chi connectivity index (χ4n) is 6.74. The number of imidazole rings is 1. The molecule has 0 spiro atoms. The van der Waals surface area contributed by atoms with Crippen LogP contribution in [0.2, 0.25) is 0 Å². The molecular weight excluding hydrogens is 521 g/mol. The van der Waals surface area contributed by atoms with Crippen LogP contribution in [0.5, 0.6) is 5.75 Å². The number of fused-ring (bicyclic) bond motifs is 9. The maximum absolute atomic E-state index is 15.3. The number of amides is 1. The molecule has 202 valence electrons. The summed E-state index contributed by atoms with van der Waals surface area (Å²) in [6.45, 7) is -1.25. The van der Waals surface area contributed by atoms with E-state index >= 15 is 4.39 Å². The molecule has 0 radical (unpaired) electrons. The van der Waals surface area contributed by atoms with Crippen molar-refractivity contribution in [1.29, 1.82) is 5.26 Å². The number of ether oxygens (including phenoxy) is 1. The molecule has 2 aromatic carbocycles. The molecule has 3 N–H and O–H groups in total. The number of hydrogen-bond donors (Lipinski definition) is 2. The molecule has 8 nitrogen and oxygen atoms in total. The van der Waals surface area contributed by atoms with Crippen molar-refractivity contribution in [1.82, 2.24) is 19.9 Å². The number of benzene rings is 2. The Labute approximate surface area is 226 Å². The highest BCUT2D eigenvalue weighted by molar-refractivity contribution is 5.98. The van der Waals surface area contributed by atoms with Gasteiger partial charge >= 0.3 is 6.61 Å². The first-order valence-corrected chi connectivity index (χ1v) is 12.9. The largest absolute Gasteiger partial charge is 0.434 e. The Kier molecular flexibility index (Phi) is 5.10. The van der Waals surface area contributed by atoms with Crippen LogP contribution >= 0.6 is 0 Å². The van der Waals surface area contributed by atoms with E-state index in [-0.39, 0.29) is 22.9 Å². The number of aromatic nitrogens is 3. The zero-order chi connectivity index (χ0) is 28.0. The van der Waals surface area contributed by atoms with Crippen molar-refractivity contribution in [2.75, 3.05) is 0 Å². The zero-order valence-electron chi connectivity index (χ0n) is 21.3. The first-order valence-electron chi connectivity index (χ1n) is 12.9. The number of carbonyl (C=O) groups is 1. The third-order valence-electron chi connectivity index (χ3n) is 8.29. The molecule has 4 aromatic rings. The van der Waals surface area contributed by atoms with Crippen LogP contribution in [-0.2, 0) is 5.54 Å². The second kappa shape index (κ2) is 8.29. The summed E-state index contributed by atoms with van der Waals surface area (Å²) in [5, 5.41) is 12.3. The molecular formula is C29H23F3N6O2. The Hall–Kier alpha value is -4.43. The number of hydrogen-bond acceptors (Lipinski definition) is 6. The number of nitrogens with one attached hydrogen (secondary N) is 1. The fourth-order valence-corrected chi connectivity index (χ4v) is 6.74. The number of nitrogens with zero attached hydrogens (tertiary/aromatic N) is 4. The van der Waals surface area contributed by atoms with Gasteiger partial charge in [-0.25, -0.2) is 9.37 Å². The molecule has 4 heterocycles. The first kappa shape index (κ1) is 24.6. The van der Waals surface area contributed by atoms with E-state index in [1.165, 1.54) is 18.2 Å². The van der Waals surface area contributed by atoms with E-state index < -0.39 is 35.5 Å². The first-order chi connectivity index (χ1) is 19.1. The van der Waals surface area contributed by atoms with Gasteiger partial charge in [0.15, 0.2) is 0 Å². The van der Waals surface area contributed by atoms with Crippen LogP contribution in [0.15, 0.2) is 48.7 Å². The number of rotatable bonds is 4. The van der Waals surface area contributed by atoms with Crippen molar-refractivity contribution >= 4 is 16.9 Å². The van der Waals surface area contributed by atoms with Gasteiger partial charge in [0.05, 0.1) is 45.8 Å². The van der Waals surface area contributed by atoms with Crippen molar-refractivity contribution in [2.45, 2.75) is 50.4 Å². The van der Waals surface area contributed by atoms with Crippen molar-refractivity contribution < 1.29 is 22.7 Å². The minimum absolute atomic E-state index is 0.0554. The molecule has 1 saturated carbocycles. The van der Waals surface area contributed by atoms with Crippen molar-refractivity contribution in [2.24, 2.45) is 11.1 Å². The van der Waals surface area contributed by atoms with E-state index in [1.54, 1.807) is 31.3 Å². The van der Waals surface area contributed by atoms with Gasteiger partial charge in [-0.05, 0) is 62.1 Å². The van der Waals surface area contributed by atoms with E-state index in [0.717, 1.165) is 0 Å². The SMILES string of the molecule is C[C@]1(C#N)C[C@](N)(c2ncc(-c3ccc4nc5n(c4c3)[C@@H]3C[C@H]5NC(=O)c4cccc(OC(F)F)c43)cc2F)C1. The third kappa shape index (κ3) is 3.52. The number of nitriles is 1. The molecule has 11 heteroatoms. The van der Waals surface area contributed by atoms with Crippen LogP contribution in [0.25, 0.3) is 22.2 Å². The Balaban J connectivity index is 1.31. The monoisotopic (exact) mass is 544 g/mol. The Morgan fingerprint density at radius 3 is 2.75 bits per heavy atom. The second-order valence-electron chi connectivity index (χ2n) is 11.2. The molecule has 7 rings (SSSR count). The average Bonchev–Trinajstić information content (AvgIpc) is 3.39. The average molecular weight is 545 g/mol. The van der Waals surface area contributed by atoms with Crippen molar-refractivity contribution in [3.05, 3.63) is 77.1 Å². The summed E-state index contributed by atoms with van der Waals surface area (Å²) in [5.74, 6) is -0.364. The van der Waals surface area contributed by atoms with Crippen LogP contribution < -0.4 is 15.8 Å². The molecule has 2 aliphatic heterocycles. The molecule has 40 heavy (non-hydrogen) atoms. The summed E-state index contributed by atoms with van der Waals surface area (Å²) >= 11 is 0. The van der Waals surface area contributed by atoms with Crippen LogP contribution in [0.1, 0.15) is 65.7 Å². The van der Waals surface area contributed by atoms with Gasteiger partial charge in [0.25, 0.3) is 5.91 Å². The number of nitrogens with two attached hydrogens (primary N) is 1. The summed E-state index contributed by atoms with van der Waals surface area (Å²) in [6, 6.07) is 12.7. The number of halogens is 3. The molecule has 2 atom stereocenters. The predicted molar refractivity (Wildman–Crippen MR) is 138 cm³/mol. The second-order valence-corrected chi connectivity index (χ2v) is 11.2. The van der Waals surface area contributed by atoms with E-state index in [0.29, 0.717) is 52.8 Å². The molecule has 3 aliphatic rings. The van der Waals surface area contributed by atoms with Gasteiger partial charge in [-0.15, -0.1) is 0 Å². The highest BCUT2D eigenvalue weighted by Crippen LogP contribution is 2.52. The lowest BCUT2D eigenvalue weighted by Crippen LogP contribution is -2.54. The van der Waals surface area contributed by atoms with Crippen LogP contribution in [0, 0.1) is 22.6 Å². The molecule has 2 aromatic heterocycles. The van der Waals surface area contributed by atoms with Crippen LogP contribution in [-0.4, -0.2) is 27.1 Å². The Bertz CT molecular complexity index is 1770. The van der Waals surface area contributed by atoms with Gasteiger partial charge in [-0.3, -0.25) is 9.78 Å². The predicted octanol–water partition coefficient (Wildman–Crippen LogP) is 5.09. The summed E-state index contributed by atoms with van der Waals surface area (Å²) in [6.07, 6.45) is 2.64.